The van der Waals surface area contributed by atoms with Gasteiger partial charge in [0.2, 0.25) is 5.72 Å². The molecule has 1 N–H and O–H groups in total. The summed E-state index contributed by atoms with van der Waals surface area (Å²) in [5.41, 5.74) is 0.533. The smallest absolute Gasteiger partial charge is 0.317 e. The molecule has 2 aromatic carbocycles. The van der Waals surface area contributed by atoms with Crippen LogP contribution >= 0.6 is 28.1 Å². The highest BCUT2D eigenvalue weighted by atomic mass is 79.9. The molecule has 8 heteroatoms. The molecule has 0 aliphatic carbocycles. The van der Waals surface area contributed by atoms with Gasteiger partial charge in [0.15, 0.2) is 16.6 Å². The Hall–Kier alpha value is -2.32. The number of esters is 1. The van der Waals surface area contributed by atoms with Crippen LogP contribution < -0.4 is 19.7 Å². The molecule has 6 nitrogen and oxygen atoms in total. The molecule has 2 bridgehead atoms. The van der Waals surface area contributed by atoms with Crippen molar-refractivity contribution in [1.82, 2.24) is 5.32 Å². The average molecular weight is 491 g/mol. The minimum Gasteiger partial charge on any atom is -0.490 e. The molecule has 3 unspecified atom stereocenters. The van der Waals surface area contributed by atoms with Crippen LogP contribution in [0.2, 0.25) is 0 Å². The zero-order valence-electron chi connectivity index (χ0n) is 17.0. The van der Waals surface area contributed by atoms with E-state index in [9.17, 15) is 4.79 Å². The number of benzene rings is 2. The van der Waals surface area contributed by atoms with Gasteiger partial charge in [-0.3, -0.25) is 9.69 Å². The molecule has 4 rings (SSSR count). The number of nitrogens with zero attached hydrogens (tertiary/aromatic N) is 1. The number of thiocarbonyl (C=S) groups is 1. The highest BCUT2D eigenvalue weighted by Gasteiger charge is 2.60. The zero-order valence-corrected chi connectivity index (χ0v) is 19.4. The SMILES string of the molecule is CCOC(=O)C1C2NC(=S)N(c3ccc(Br)cc3)C1(C)Oc1c(OCC)cccc12. The summed E-state index contributed by atoms with van der Waals surface area (Å²) in [4.78, 5) is 15.0. The summed E-state index contributed by atoms with van der Waals surface area (Å²) < 4.78 is 18.8. The Morgan fingerprint density at radius 3 is 2.63 bits per heavy atom. The highest BCUT2D eigenvalue weighted by molar-refractivity contribution is 9.10. The quantitative estimate of drug-likeness (QED) is 0.486. The van der Waals surface area contributed by atoms with Crippen molar-refractivity contribution in [2.24, 2.45) is 5.92 Å². The van der Waals surface area contributed by atoms with Crippen LogP contribution in [0.3, 0.4) is 0 Å². The van der Waals surface area contributed by atoms with Crippen molar-refractivity contribution in [2.75, 3.05) is 18.1 Å². The fraction of sp³-hybridized carbons (Fsp3) is 0.364. The van der Waals surface area contributed by atoms with Gasteiger partial charge in [-0.25, -0.2) is 0 Å². The maximum atomic E-state index is 13.1. The number of para-hydroxylation sites is 1. The van der Waals surface area contributed by atoms with Crippen molar-refractivity contribution in [2.45, 2.75) is 32.5 Å². The molecule has 0 radical (unpaired) electrons. The summed E-state index contributed by atoms with van der Waals surface area (Å²) >= 11 is 9.19. The molecule has 2 heterocycles. The number of ether oxygens (including phenoxy) is 3. The Morgan fingerprint density at radius 1 is 1.23 bits per heavy atom. The summed E-state index contributed by atoms with van der Waals surface area (Å²) in [6.07, 6.45) is 0. The van der Waals surface area contributed by atoms with E-state index in [1.807, 2.05) is 61.2 Å². The number of anilines is 1. The number of hydrogen-bond donors (Lipinski definition) is 1. The number of halogens is 1. The van der Waals surface area contributed by atoms with E-state index in [1.54, 1.807) is 6.92 Å². The Morgan fingerprint density at radius 2 is 1.97 bits per heavy atom. The normalized spacial score (nSPS) is 24.4. The van der Waals surface area contributed by atoms with Crippen LogP contribution in [-0.4, -0.2) is 30.0 Å². The molecule has 2 aromatic rings. The summed E-state index contributed by atoms with van der Waals surface area (Å²) in [5, 5.41) is 3.84. The van der Waals surface area contributed by atoms with Gasteiger partial charge in [0.1, 0.15) is 5.92 Å². The first kappa shape index (κ1) is 20.9. The third-order valence-electron chi connectivity index (χ3n) is 5.41. The molecular formula is C22H23BrN2O4S. The van der Waals surface area contributed by atoms with E-state index in [2.05, 4.69) is 21.2 Å². The second-order valence-electron chi connectivity index (χ2n) is 7.23. The van der Waals surface area contributed by atoms with Crippen molar-refractivity contribution in [3.63, 3.8) is 0 Å². The second kappa shape index (κ2) is 8.07. The van der Waals surface area contributed by atoms with E-state index in [0.29, 0.717) is 23.2 Å². The average Bonchev–Trinajstić information content (AvgIpc) is 2.70. The third kappa shape index (κ3) is 3.32. The molecule has 2 aliphatic rings. The summed E-state index contributed by atoms with van der Waals surface area (Å²) in [6, 6.07) is 13.0. The van der Waals surface area contributed by atoms with Crippen molar-refractivity contribution in [3.8, 4) is 11.5 Å². The molecule has 3 atom stereocenters. The second-order valence-corrected chi connectivity index (χ2v) is 8.54. The topological polar surface area (TPSA) is 60.0 Å². The fourth-order valence-corrected chi connectivity index (χ4v) is 4.89. The van der Waals surface area contributed by atoms with Gasteiger partial charge in [-0.1, -0.05) is 28.1 Å². The summed E-state index contributed by atoms with van der Waals surface area (Å²) in [5.74, 6) is 0.273. The molecule has 1 fully saturated rings. The van der Waals surface area contributed by atoms with Gasteiger partial charge >= 0.3 is 5.97 Å². The predicted octanol–water partition coefficient (Wildman–Crippen LogP) is 4.57. The Bertz CT molecular complexity index is 984. The van der Waals surface area contributed by atoms with E-state index >= 15 is 0 Å². The minimum atomic E-state index is -1.10. The first-order valence-corrected chi connectivity index (χ1v) is 11.1. The van der Waals surface area contributed by atoms with Gasteiger partial charge in [-0.15, -0.1) is 0 Å². The van der Waals surface area contributed by atoms with Crippen molar-refractivity contribution < 1.29 is 19.0 Å². The number of nitrogens with one attached hydrogen (secondary N) is 1. The van der Waals surface area contributed by atoms with Crippen LogP contribution in [0.1, 0.15) is 32.4 Å². The number of rotatable bonds is 5. The summed E-state index contributed by atoms with van der Waals surface area (Å²) in [6.45, 7) is 6.39. The first-order chi connectivity index (χ1) is 14.4. The van der Waals surface area contributed by atoms with Gasteiger partial charge in [-0.2, -0.15) is 0 Å². The van der Waals surface area contributed by atoms with Crippen LogP contribution in [0.4, 0.5) is 5.69 Å². The van der Waals surface area contributed by atoms with E-state index in [0.717, 1.165) is 15.7 Å². The maximum absolute atomic E-state index is 13.1. The number of fused-ring (bicyclic) bond motifs is 4. The lowest BCUT2D eigenvalue weighted by Gasteiger charge is -2.55. The van der Waals surface area contributed by atoms with Gasteiger partial charge < -0.3 is 19.5 Å². The lowest BCUT2D eigenvalue weighted by Crippen LogP contribution is -2.71. The molecule has 0 amide bonds. The molecule has 30 heavy (non-hydrogen) atoms. The number of carbonyl (C=O) groups is 1. The molecule has 0 aromatic heterocycles. The minimum absolute atomic E-state index is 0.284. The molecule has 0 saturated carbocycles. The molecule has 158 valence electrons. The van der Waals surface area contributed by atoms with Crippen LogP contribution in [0.15, 0.2) is 46.9 Å². The Kier molecular flexibility index (Phi) is 5.63. The first-order valence-electron chi connectivity index (χ1n) is 9.88. The third-order valence-corrected chi connectivity index (χ3v) is 6.24. The van der Waals surface area contributed by atoms with Gasteiger partial charge in [-0.05, 0) is 63.3 Å². The summed E-state index contributed by atoms with van der Waals surface area (Å²) in [7, 11) is 0. The van der Waals surface area contributed by atoms with E-state index in [4.69, 9.17) is 26.4 Å². The number of hydrogen-bond acceptors (Lipinski definition) is 5. The Balaban J connectivity index is 1.90. The zero-order chi connectivity index (χ0) is 21.5. The predicted molar refractivity (Wildman–Crippen MR) is 122 cm³/mol. The molecule has 0 spiro atoms. The standard InChI is InChI=1S/C22H23BrN2O4S/c1-4-27-16-8-6-7-15-18-17(20(26)28-5-2)22(3,29-19(15)16)25(21(30)24-18)14-11-9-13(23)10-12-14/h6-12,17-18H,4-5H2,1-3H3,(H,24,30). The van der Waals surface area contributed by atoms with E-state index in [-0.39, 0.29) is 12.6 Å². The van der Waals surface area contributed by atoms with Gasteiger partial charge in [0, 0.05) is 15.7 Å². The Labute approximate surface area is 189 Å². The van der Waals surface area contributed by atoms with Crippen LogP contribution in [-0.2, 0) is 9.53 Å². The largest absolute Gasteiger partial charge is 0.490 e. The molecule has 1 saturated heterocycles. The molecule has 2 aliphatic heterocycles. The van der Waals surface area contributed by atoms with Crippen LogP contribution in [0, 0.1) is 5.92 Å². The van der Waals surface area contributed by atoms with Crippen molar-refractivity contribution in [1.29, 1.82) is 0 Å². The molecular weight excluding hydrogens is 468 g/mol. The number of carbonyl (C=O) groups excluding carboxylic acids is 1. The van der Waals surface area contributed by atoms with Crippen LogP contribution in [0.25, 0.3) is 0 Å². The van der Waals surface area contributed by atoms with Crippen molar-refractivity contribution in [3.05, 3.63) is 52.5 Å². The maximum Gasteiger partial charge on any atom is 0.317 e. The lowest BCUT2D eigenvalue weighted by molar-refractivity contribution is -0.159. The lowest BCUT2D eigenvalue weighted by atomic mass is 9.79. The van der Waals surface area contributed by atoms with Crippen LogP contribution in [0.5, 0.6) is 11.5 Å². The van der Waals surface area contributed by atoms with Gasteiger partial charge in [0.05, 0.1) is 19.3 Å². The monoisotopic (exact) mass is 490 g/mol. The highest BCUT2D eigenvalue weighted by Crippen LogP contribution is 2.52. The fourth-order valence-electron chi connectivity index (χ4n) is 4.21. The van der Waals surface area contributed by atoms with Gasteiger partial charge in [0.25, 0.3) is 0 Å². The van der Waals surface area contributed by atoms with E-state index < -0.39 is 17.7 Å². The van der Waals surface area contributed by atoms with E-state index in [1.165, 1.54) is 0 Å². The van der Waals surface area contributed by atoms with Crippen molar-refractivity contribution >= 4 is 44.9 Å².